The van der Waals surface area contributed by atoms with E-state index < -0.39 is 0 Å². The third-order valence-electron chi connectivity index (χ3n) is 3.84. The van der Waals surface area contributed by atoms with Crippen molar-refractivity contribution >= 4 is 5.97 Å². The van der Waals surface area contributed by atoms with Crippen molar-refractivity contribution in [2.45, 2.75) is 64.7 Å². The minimum atomic E-state index is -0.300. The monoisotopic (exact) mass is 276 g/mol. The Balaban J connectivity index is 2.23. The Hall–Kier alpha value is -1.45. The molecule has 0 spiro atoms. The maximum atomic E-state index is 11.9. The Bertz CT molecular complexity index is 454. The summed E-state index contributed by atoms with van der Waals surface area (Å²) in [5.41, 5.74) is 1.38. The molecule has 4 nitrogen and oxygen atoms in total. The van der Waals surface area contributed by atoms with Gasteiger partial charge in [0.2, 0.25) is 0 Å². The molecule has 1 aromatic heterocycles. The molecular formula is C16H24N2O2. The van der Waals surface area contributed by atoms with Gasteiger partial charge in [0.1, 0.15) is 5.82 Å². The fraction of sp³-hybridized carbons (Fsp3) is 0.688. The van der Waals surface area contributed by atoms with E-state index in [2.05, 4.69) is 16.9 Å². The number of nitrogens with zero attached hydrogens (tertiary/aromatic N) is 2. The second kappa shape index (κ2) is 7.36. The van der Waals surface area contributed by atoms with Crippen LogP contribution in [0, 0.1) is 0 Å². The van der Waals surface area contributed by atoms with Gasteiger partial charge < -0.3 is 4.74 Å². The van der Waals surface area contributed by atoms with Crippen molar-refractivity contribution in [1.29, 1.82) is 0 Å². The molecule has 1 saturated carbocycles. The standard InChI is InChI=1S/C16H24N2O2/c1-3-8-14-13(16(19)20-4-2)11-17-15(18-14)12-9-6-5-7-10-12/h11-12H,3-10H2,1-2H3. The van der Waals surface area contributed by atoms with Gasteiger partial charge >= 0.3 is 5.97 Å². The minimum Gasteiger partial charge on any atom is -0.462 e. The first kappa shape index (κ1) is 14.9. The van der Waals surface area contributed by atoms with Crippen LogP contribution in [0.3, 0.4) is 0 Å². The number of aryl methyl sites for hydroxylation is 1. The second-order valence-electron chi connectivity index (χ2n) is 5.39. The summed E-state index contributed by atoms with van der Waals surface area (Å²) in [6.45, 7) is 4.29. The molecule has 4 heteroatoms. The number of aromatic nitrogens is 2. The van der Waals surface area contributed by atoms with Gasteiger partial charge in [0, 0.05) is 12.1 Å². The summed E-state index contributed by atoms with van der Waals surface area (Å²) in [7, 11) is 0. The molecular weight excluding hydrogens is 252 g/mol. The van der Waals surface area contributed by atoms with E-state index in [1.54, 1.807) is 6.20 Å². The lowest BCUT2D eigenvalue weighted by atomic mass is 9.88. The maximum Gasteiger partial charge on any atom is 0.341 e. The molecule has 1 aliphatic rings. The molecule has 0 unspecified atom stereocenters. The first-order valence-electron chi connectivity index (χ1n) is 7.79. The zero-order valence-electron chi connectivity index (χ0n) is 12.5. The first-order chi connectivity index (χ1) is 9.76. The van der Waals surface area contributed by atoms with Crippen LogP contribution in [0.5, 0.6) is 0 Å². The van der Waals surface area contributed by atoms with Crippen molar-refractivity contribution in [2.75, 3.05) is 6.61 Å². The summed E-state index contributed by atoms with van der Waals surface area (Å²) < 4.78 is 5.08. The summed E-state index contributed by atoms with van der Waals surface area (Å²) in [6.07, 6.45) is 9.62. The van der Waals surface area contributed by atoms with E-state index in [4.69, 9.17) is 4.74 Å². The third-order valence-corrected chi connectivity index (χ3v) is 3.84. The van der Waals surface area contributed by atoms with Crippen molar-refractivity contribution in [3.05, 3.63) is 23.3 Å². The fourth-order valence-electron chi connectivity index (χ4n) is 2.80. The number of hydrogen-bond acceptors (Lipinski definition) is 4. The first-order valence-corrected chi connectivity index (χ1v) is 7.79. The smallest absolute Gasteiger partial charge is 0.341 e. The predicted octanol–water partition coefficient (Wildman–Crippen LogP) is 3.65. The number of esters is 1. The highest BCUT2D eigenvalue weighted by molar-refractivity contribution is 5.90. The van der Waals surface area contributed by atoms with Crippen LogP contribution in [0.2, 0.25) is 0 Å². The molecule has 0 saturated heterocycles. The quantitative estimate of drug-likeness (QED) is 0.770. The van der Waals surface area contributed by atoms with Gasteiger partial charge in [-0.3, -0.25) is 0 Å². The van der Waals surface area contributed by atoms with Gasteiger partial charge in [-0.1, -0.05) is 32.6 Å². The second-order valence-corrected chi connectivity index (χ2v) is 5.39. The zero-order chi connectivity index (χ0) is 14.4. The summed E-state index contributed by atoms with van der Waals surface area (Å²) in [5.74, 6) is 1.09. The molecule has 0 N–H and O–H groups in total. The number of carbonyl (C=O) groups excluding carboxylic acids is 1. The van der Waals surface area contributed by atoms with E-state index in [1.807, 2.05) is 6.92 Å². The molecule has 0 radical (unpaired) electrons. The molecule has 1 heterocycles. The molecule has 20 heavy (non-hydrogen) atoms. The largest absolute Gasteiger partial charge is 0.462 e. The lowest BCUT2D eigenvalue weighted by Crippen LogP contribution is -2.15. The van der Waals surface area contributed by atoms with Crippen LogP contribution in [0.25, 0.3) is 0 Å². The Kier molecular flexibility index (Phi) is 5.50. The summed E-state index contributed by atoms with van der Waals surface area (Å²) in [4.78, 5) is 21.0. The number of carbonyl (C=O) groups is 1. The molecule has 1 aliphatic carbocycles. The van der Waals surface area contributed by atoms with Gasteiger partial charge in [0.15, 0.2) is 0 Å². The van der Waals surface area contributed by atoms with Crippen molar-refractivity contribution in [3.8, 4) is 0 Å². The van der Waals surface area contributed by atoms with Gasteiger partial charge in [-0.15, -0.1) is 0 Å². The zero-order valence-corrected chi connectivity index (χ0v) is 12.5. The Morgan fingerprint density at radius 3 is 2.70 bits per heavy atom. The van der Waals surface area contributed by atoms with E-state index in [-0.39, 0.29) is 5.97 Å². The van der Waals surface area contributed by atoms with Crippen molar-refractivity contribution in [2.24, 2.45) is 0 Å². The van der Waals surface area contributed by atoms with E-state index in [9.17, 15) is 4.79 Å². The normalized spacial score (nSPS) is 16.1. The minimum absolute atomic E-state index is 0.300. The Morgan fingerprint density at radius 1 is 1.30 bits per heavy atom. The van der Waals surface area contributed by atoms with E-state index in [0.29, 0.717) is 18.1 Å². The summed E-state index contributed by atoms with van der Waals surface area (Å²) >= 11 is 0. The average Bonchev–Trinajstić information content (AvgIpc) is 2.48. The Labute approximate surface area is 121 Å². The van der Waals surface area contributed by atoms with Crippen LogP contribution in [0.4, 0.5) is 0 Å². The number of rotatable bonds is 5. The van der Waals surface area contributed by atoms with Crippen molar-refractivity contribution in [3.63, 3.8) is 0 Å². The Morgan fingerprint density at radius 2 is 2.05 bits per heavy atom. The molecule has 0 bridgehead atoms. The molecule has 0 aromatic carbocycles. The van der Waals surface area contributed by atoms with Crippen LogP contribution in [0.1, 0.15) is 80.2 Å². The van der Waals surface area contributed by atoms with Crippen LogP contribution in [0.15, 0.2) is 6.20 Å². The van der Waals surface area contributed by atoms with E-state index in [0.717, 1.165) is 24.4 Å². The van der Waals surface area contributed by atoms with E-state index in [1.165, 1.54) is 32.1 Å². The highest BCUT2D eigenvalue weighted by Crippen LogP contribution is 2.30. The van der Waals surface area contributed by atoms with Gasteiger partial charge in [-0.05, 0) is 26.2 Å². The molecule has 1 aromatic rings. The predicted molar refractivity (Wildman–Crippen MR) is 77.8 cm³/mol. The van der Waals surface area contributed by atoms with Crippen molar-refractivity contribution < 1.29 is 9.53 Å². The van der Waals surface area contributed by atoms with Crippen molar-refractivity contribution in [1.82, 2.24) is 9.97 Å². The topological polar surface area (TPSA) is 52.1 Å². The average molecular weight is 276 g/mol. The highest BCUT2D eigenvalue weighted by atomic mass is 16.5. The van der Waals surface area contributed by atoms with Gasteiger partial charge in [0.05, 0.1) is 17.9 Å². The van der Waals surface area contributed by atoms with Crippen LogP contribution in [-0.4, -0.2) is 22.5 Å². The molecule has 0 atom stereocenters. The van der Waals surface area contributed by atoms with E-state index >= 15 is 0 Å². The lowest BCUT2D eigenvalue weighted by Gasteiger charge is -2.21. The number of ether oxygens (including phenoxy) is 1. The maximum absolute atomic E-state index is 11.9. The lowest BCUT2D eigenvalue weighted by molar-refractivity contribution is 0.0523. The molecule has 2 rings (SSSR count). The van der Waals surface area contributed by atoms with Crippen LogP contribution < -0.4 is 0 Å². The summed E-state index contributed by atoms with van der Waals surface area (Å²) in [6, 6.07) is 0. The van der Waals surface area contributed by atoms with Gasteiger partial charge in [-0.2, -0.15) is 0 Å². The van der Waals surface area contributed by atoms with Gasteiger partial charge in [0.25, 0.3) is 0 Å². The SMILES string of the molecule is CCCc1nc(C2CCCCC2)ncc1C(=O)OCC. The molecule has 1 fully saturated rings. The van der Waals surface area contributed by atoms with Crippen LogP contribution in [-0.2, 0) is 11.2 Å². The fourth-order valence-corrected chi connectivity index (χ4v) is 2.80. The number of hydrogen-bond donors (Lipinski definition) is 0. The third kappa shape index (κ3) is 3.56. The molecule has 0 aliphatic heterocycles. The van der Waals surface area contributed by atoms with Crippen LogP contribution >= 0.6 is 0 Å². The summed E-state index contributed by atoms with van der Waals surface area (Å²) in [5, 5.41) is 0. The molecule has 110 valence electrons. The van der Waals surface area contributed by atoms with Gasteiger partial charge in [-0.25, -0.2) is 14.8 Å². The highest BCUT2D eigenvalue weighted by Gasteiger charge is 2.21. The molecule has 0 amide bonds.